The molecule has 1 N–H and O–H groups in total. The third-order valence-electron chi connectivity index (χ3n) is 7.74. The molecule has 4 aromatic rings. The van der Waals surface area contributed by atoms with Gasteiger partial charge in [-0.3, -0.25) is 9.36 Å². The fourth-order valence-electron chi connectivity index (χ4n) is 6.04. The summed E-state index contributed by atoms with van der Waals surface area (Å²) in [6, 6.07) is 21.0. The number of carbonyl (C=O) groups is 1. The SMILES string of the molecule is COC(=O)C[C@@H]1COc2cc(NCc3cccc4c3C3CCO[C@@H]3c3nc5ccccc5n3-4)ccc21. The highest BCUT2D eigenvalue weighted by molar-refractivity contribution is 5.80. The first-order valence-corrected chi connectivity index (χ1v) is 12.5. The molecule has 7 heteroatoms. The molecule has 1 aromatic heterocycles. The van der Waals surface area contributed by atoms with E-state index in [0.717, 1.165) is 46.9 Å². The molecule has 1 saturated heterocycles. The van der Waals surface area contributed by atoms with Crippen LogP contribution in [-0.4, -0.2) is 35.8 Å². The number of anilines is 1. The van der Waals surface area contributed by atoms with Crippen LogP contribution in [0.1, 0.15) is 53.3 Å². The van der Waals surface area contributed by atoms with Crippen LogP contribution >= 0.6 is 0 Å². The third-order valence-corrected chi connectivity index (χ3v) is 7.74. The Hall–Kier alpha value is -3.84. The number of benzene rings is 3. The lowest BCUT2D eigenvalue weighted by Gasteiger charge is -2.30. The first-order chi connectivity index (χ1) is 17.7. The third kappa shape index (κ3) is 3.30. The van der Waals surface area contributed by atoms with Gasteiger partial charge in [-0.2, -0.15) is 0 Å². The van der Waals surface area contributed by atoms with Gasteiger partial charge in [0.2, 0.25) is 0 Å². The summed E-state index contributed by atoms with van der Waals surface area (Å²) in [6.45, 7) is 1.94. The number of aromatic nitrogens is 2. The van der Waals surface area contributed by atoms with Crippen molar-refractivity contribution in [2.45, 2.75) is 37.3 Å². The fourth-order valence-corrected chi connectivity index (χ4v) is 6.04. The number of ether oxygens (including phenoxy) is 3. The smallest absolute Gasteiger partial charge is 0.306 e. The predicted molar refractivity (Wildman–Crippen MR) is 136 cm³/mol. The van der Waals surface area contributed by atoms with Crippen LogP contribution in [0.5, 0.6) is 5.75 Å². The Bertz CT molecular complexity index is 1490. The molecule has 182 valence electrons. The predicted octanol–water partition coefficient (Wildman–Crippen LogP) is 5.24. The largest absolute Gasteiger partial charge is 0.493 e. The molecule has 3 atom stereocenters. The van der Waals surface area contributed by atoms with Crippen molar-refractivity contribution in [1.82, 2.24) is 9.55 Å². The minimum absolute atomic E-state index is 0.0220. The number of methoxy groups -OCH3 is 1. The van der Waals surface area contributed by atoms with Crippen molar-refractivity contribution in [3.05, 3.63) is 83.2 Å². The van der Waals surface area contributed by atoms with Crippen LogP contribution in [0.3, 0.4) is 0 Å². The number of carbonyl (C=O) groups excluding carboxylic acids is 1. The van der Waals surface area contributed by atoms with Crippen LogP contribution in [0.15, 0.2) is 60.7 Å². The number of nitrogens with one attached hydrogen (secondary N) is 1. The molecule has 7 rings (SSSR count). The zero-order valence-electron chi connectivity index (χ0n) is 20.1. The maximum absolute atomic E-state index is 11.7. The second kappa shape index (κ2) is 8.38. The number of imidazole rings is 1. The maximum Gasteiger partial charge on any atom is 0.306 e. The lowest BCUT2D eigenvalue weighted by Crippen LogP contribution is -2.22. The van der Waals surface area contributed by atoms with Crippen molar-refractivity contribution in [3.63, 3.8) is 0 Å². The van der Waals surface area contributed by atoms with Gasteiger partial charge in [-0.1, -0.05) is 30.3 Å². The number of fused-ring (bicyclic) bond motifs is 9. The van der Waals surface area contributed by atoms with Gasteiger partial charge >= 0.3 is 5.97 Å². The Kier molecular flexibility index (Phi) is 4.99. The normalized spacial score (nSPS) is 21.3. The standard InChI is InChI=1S/C29H27N3O4/c1-34-26(33)13-18-16-36-25-14-19(9-10-20(18)25)30-15-17-5-4-8-24-27(17)21-11-12-35-28(21)29-31-22-6-2-3-7-23(22)32(24)29/h2-10,14,18,21,28,30H,11-13,15-16H2,1H3/t18-,21?,28+/m1/s1. The van der Waals surface area contributed by atoms with E-state index in [9.17, 15) is 4.79 Å². The topological polar surface area (TPSA) is 74.6 Å². The van der Waals surface area contributed by atoms with Crippen LogP contribution in [0.25, 0.3) is 16.7 Å². The number of hydrogen-bond donors (Lipinski definition) is 1. The molecule has 3 aliphatic heterocycles. The monoisotopic (exact) mass is 481 g/mol. The van der Waals surface area contributed by atoms with Gasteiger partial charge in [-0.05, 0) is 41.8 Å². The molecule has 0 bridgehead atoms. The number of esters is 1. The average Bonchev–Trinajstić information content (AvgIpc) is 3.64. The summed E-state index contributed by atoms with van der Waals surface area (Å²) in [4.78, 5) is 16.7. The van der Waals surface area contributed by atoms with Crippen LogP contribution in [0, 0.1) is 0 Å². The molecule has 1 fully saturated rings. The second-order valence-corrected chi connectivity index (χ2v) is 9.72. The van der Waals surface area contributed by atoms with Gasteiger partial charge in [0.05, 0.1) is 36.9 Å². The highest BCUT2D eigenvalue weighted by atomic mass is 16.5. The Morgan fingerprint density at radius 1 is 1.17 bits per heavy atom. The van der Waals surface area contributed by atoms with Crippen molar-refractivity contribution in [1.29, 1.82) is 0 Å². The minimum Gasteiger partial charge on any atom is -0.493 e. The first-order valence-electron chi connectivity index (χ1n) is 12.5. The molecule has 0 radical (unpaired) electrons. The van der Waals surface area contributed by atoms with Gasteiger partial charge < -0.3 is 19.5 Å². The van der Waals surface area contributed by atoms with E-state index >= 15 is 0 Å². The van der Waals surface area contributed by atoms with E-state index < -0.39 is 0 Å². The lowest BCUT2D eigenvalue weighted by atomic mass is 9.84. The number of rotatable bonds is 5. The second-order valence-electron chi connectivity index (χ2n) is 9.72. The maximum atomic E-state index is 11.7. The Morgan fingerprint density at radius 2 is 2.08 bits per heavy atom. The van der Waals surface area contributed by atoms with E-state index in [1.807, 2.05) is 12.1 Å². The van der Waals surface area contributed by atoms with Crippen LogP contribution in [-0.2, 0) is 20.8 Å². The van der Waals surface area contributed by atoms with Gasteiger partial charge in [0.1, 0.15) is 17.7 Å². The lowest BCUT2D eigenvalue weighted by molar-refractivity contribution is -0.141. The minimum atomic E-state index is -0.212. The van der Waals surface area contributed by atoms with Crippen molar-refractivity contribution in [2.24, 2.45) is 0 Å². The van der Waals surface area contributed by atoms with E-state index in [4.69, 9.17) is 19.2 Å². The molecule has 1 unspecified atom stereocenters. The van der Waals surface area contributed by atoms with E-state index in [2.05, 4.69) is 58.4 Å². The molecular weight excluding hydrogens is 454 g/mol. The van der Waals surface area contributed by atoms with Crippen molar-refractivity contribution in [3.8, 4) is 11.4 Å². The van der Waals surface area contributed by atoms with Gasteiger partial charge in [-0.15, -0.1) is 0 Å². The summed E-state index contributed by atoms with van der Waals surface area (Å²) in [5.41, 5.74) is 7.99. The van der Waals surface area contributed by atoms with Crippen LogP contribution in [0.4, 0.5) is 5.69 Å². The Labute approximate surface area is 209 Å². The Morgan fingerprint density at radius 3 is 3.00 bits per heavy atom. The Balaban J connectivity index is 1.20. The van der Waals surface area contributed by atoms with E-state index in [0.29, 0.717) is 25.5 Å². The van der Waals surface area contributed by atoms with Gasteiger partial charge in [-0.25, -0.2) is 4.98 Å². The van der Waals surface area contributed by atoms with Gasteiger partial charge in [0.15, 0.2) is 0 Å². The molecule has 0 amide bonds. The van der Waals surface area contributed by atoms with Crippen molar-refractivity contribution >= 4 is 22.7 Å². The molecule has 7 nitrogen and oxygen atoms in total. The molecular formula is C29H27N3O4. The quantitative estimate of drug-likeness (QED) is 0.393. The highest BCUT2D eigenvalue weighted by Gasteiger charge is 2.41. The zero-order chi connectivity index (χ0) is 24.2. The number of para-hydroxylation sites is 2. The average molecular weight is 482 g/mol. The number of nitrogens with zero attached hydrogens (tertiary/aromatic N) is 2. The summed E-state index contributed by atoms with van der Waals surface area (Å²) in [7, 11) is 1.42. The molecule has 0 saturated carbocycles. The summed E-state index contributed by atoms with van der Waals surface area (Å²) < 4.78 is 19.2. The molecule has 4 heterocycles. The highest BCUT2D eigenvalue weighted by Crippen LogP contribution is 2.50. The van der Waals surface area contributed by atoms with Gasteiger partial charge in [0, 0.05) is 42.3 Å². The summed E-state index contributed by atoms with van der Waals surface area (Å²) in [5, 5.41) is 3.61. The fraction of sp³-hybridized carbons (Fsp3) is 0.310. The van der Waals surface area contributed by atoms with Gasteiger partial charge in [0.25, 0.3) is 0 Å². The van der Waals surface area contributed by atoms with Crippen LogP contribution in [0.2, 0.25) is 0 Å². The van der Waals surface area contributed by atoms with Crippen LogP contribution < -0.4 is 10.1 Å². The molecule has 0 aliphatic carbocycles. The molecule has 0 spiro atoms. The van der Waals surface area contributed by atoms with Crippen molar-refractivity contribution < 1.29 is 19.0 Å². The number of hydrogen-bond acceptors (Lipinski definition) is 6. The zero-order valence-corrected chi connectivity index (χ0v) is 20.1. The van der Waals surface area contributed by atoms with E-state index in [1.54, 1.807) is 0 Å². The molecule has 36 heavy (non-hydrogen) atoms. The summed E-state index contributed by atoms with van der Waals surface area (Å²) in [5.74, 6) is 1.97. The van der Waals surface area contributed by atoms with E-state index in [-0.39, 0.29) is 18.0 Å². The summed E-state index contributed by atoms with van der Waals surface area (Å²) in [6.07, 6.45) is 1.31. The first kappa shape index (κ1) is 21.4. The molecule has 3 aromatic carbocycles. The molecule has 3 aliphatic rings. The van der Waals surface area contributed by atoms with E-state index in [1.165, 1.54) is 23.9 Å². The summed E-state index contributed by atoms with van der Waals surface area (Å²) >= 11 is 0. The van der Waals surface area contributed by atoms with Crippen molar-refractivity contribution in [2.75, 3.05) is 25.6 Å².